The van der Waals surface area contributed by atoms with Crippen LogP contribution in [0.25, 0.3) is 6.08 Å². The van der Waals surface area contributed by atoms with Crippen LogP contribution in [0.1, 0.15) is 17.0 Å². The Morgan fingerprint density at radius 3 is 2.68 bits per heavy atom. The van der Waals surface area contributed by atoms with Gasteiger partial charge in [-0.3, -0.25) is 4.79 Å². The molecule has 3 rings (SSSR count). The number of nitrogens with one attached hydrogen (secondary N) is 2. The quantitative estimate of drug-likeness (QED) is 0.891. The highest BCUT2D eigenvalue weighted by Gasteiger charge is 2.17. The zero-order chi connectivity index (χ0) is 15.4. The number of H-pyrrole nitrogens is 1. The van der Waals surface area contributed by atoms with Crippen molar-refractivity contribution in [2.75, 3.05) is 7.11 Å². The molecule has 1 amide bonds. The van der Waals surface area contributed by atoms with E-state index in [9.17, 15) is 4.79 Å². The molecule has 2 N–H and O–H groups in total. The number of benzene rings is 1. The number of hydrogen-bond donors (Lipinski definition) is 2. The Labute approximate surface area is 129 Å². The number of ether oxygens (including phenoxy) is 1. The third-order valence-corrected chi connectivity index (χ3v) is 3.60. The van der Waals surface area contributed by atoms with Crippen molar-refractivity contribution in [2.45, 2.75) is 12.8 Å². The zero-order valence-corrected chi connectivity index (χ0v) is 12.4. The smallest absolute Gasteiger partial charge is 0.252 e. The molecule has 2 aromatic rings. The largest absolute Gasteiger partial charge is 0.494 e. The molecule has 0 aliphatic carbocycles. The summed E-state index contributed by atoms with van der Waals surface area (Å²) >= 11 is 0. The second kappa shape index (κ2) is 6.35. The summed E-state index contributed by atoms with van der Waals surface area (Å²) in [5.74, 6) is 0.407. The van der Waals surface area contributed by atoms with Crippen LogP contribution in [0.5, 0.6) is 0 Å². The van der Waals surface area contributed by atoms with E-state index in [1.165, 1.54) is 17.3 Å². The number of amides is 1. The molecule has 0 spiro atoms. The van der Waals surface area contributed by atoms with Gasteiger partial charge in [-0.15, -0.1) is 0 Å². The standard InChI is InChI=1S/C18H18N2O2/c1-22-17-12-18(21)20-16(17)11-15-10-9-14(19-15)8-7-13-5-3-2-4-6-13/h2-6,9-12,19H,7-8H2,1H3,(H,20,21)/b16-11-. The van der Waals surface area contributed by atoms with E-state index >= 15 is 0 Å². The van der Waals surface area contributed by atoms with Gasteiger partial charge in [0, 0.05) is 17.5 Å². The van der Waals surface area contributed by atoms with Gasteiger partial charge >= 0.3 is 0 Å². The maximum absolute atomic E-state index is 11.4. The van der Waals surface area contributed by atoms with Gasteiger partial charge in [0.2, 0.25) is 0 Å². The van der Waals surface area contributed by atoms with Crippen LogP contribution in [0.4, 0.5) is 0 Å². The SMILES string of the molecule is COC1=CC(=O)N/C1=C\c1ccc(CCc2ccccc2)[nH]1. The molecule has 0 bridgehead atoms. The van der Waals surface area contributed by atoms with Crippen molar-refractivity contribution in [3.63, 3.8) is 0 Å². The van der Waals surface area contributed by atoms with E-state index in [0.717, 1.165) is 18.5 Å². The topological polar surface area (TPSA) is 54.1 Å². The highest BCUT2D eigenvalue weighted by Crippen LogP contribution is 2.17. The van der Waals surface area contributed by atoms with Gasteiger partial charge in [-0.05, 0) is 36.6 Å². The Morgan fingerprint density at radius 2 is 1.91 bits per heavy atom. The van der Waals surface area contributed by atoms with E-state index in [4.69, 9.17) is 4.74 Å². The van der Waals surface area contributed by atoms with Crippen LogP contribution in [-0.4, -0.2) is 18.0 Å². The van der Waals surface area contributed by atoms with E-state index in [0.29, 0.717) is 11.5 Å². The van der Waals surface area contributed by atoms with Gasteiger partial charge in [-0.25, -0.2) is 0 Å². The lowest BCUT2D eigenvalue weighted by atomic mass is 10.1. The van der Waals surface area contributed by atoms with Crippen LogP contribution in [0, 0.1) is 0 Å². The van der Waals surface area contributed by atoms with Crippen molar-refractivity contribution < 1.29 is 9.53 Å². The number of aromatic nitrogens is 1. The predicted molar refractivity (Wildman–Crippen MR) is 85.9 cm³/mol. The summed E-state index contributed by atoms with van der Waals surface area (Å²) in [5.41, 5.74) is 4.12. The van der Waals surface area contributed by atoms with E-state index in [1.54, 1.807) is 7.11 Å². The van der Waals surface area contributed by atoms with Gasteiger partial charge in [-0.1, -0.05) is 30.3 Å². The summed E-state index contributed by atoms with van der Waals surface area (Å²) in [4.78, 5) is 14.7. The molecule has 1 aliphatic heterocycles. The molecule has 1 aliphatic rings. The third kappa shape index (κ3) is 3.28. The second-order valence-corrected chi connectivity index (χ2v) is 5.18. The first kappa shape index (κ1) is 14.2. The summed E-state index contributed by atoms with van der Waals surface area (Å²) in [6, 6.07) is 14.5. The number of methoxy groups -OCH3 is 1. The Kier molecular flexibility index (Phi) is 4.10. The monoisotopic (exact) mass is 294 g/mol. The first-order valence-corrected chi connectivity index (χ1v) is 7.25. The van der Waals surface area contributed by atoms with E-state index < -0.39 is 0 Å². The van der Waals surface area contributed by atoms with Gasteiger partial charge in [0.05, 0.1) is 12.8 Å². The van der Waals surface area contributed by atoms with Gasteiger partial charge in [0.15, 0.2) is 0 Å². The average molecular weight is 294 g/mol. The van der Waals surface area contributed by atoms with Gasteiger partial charge in [0.25, 0.3) is 5.91 Å². The van der Waals surface area contributed by atoms with Gasteiger partial charge < -0.3 is 15.0 Å². The average Bonchev–Trinajstić information content (AvgIpc) is 3.13. The van der Waals surface area contributed by atoms with Crippen LogP contribution in [-0.2, 0) is 22.4 Å². The Morgan fingerprint density at radius 1 is 1.09 bits per heavy atom. The van der Waals surface area contributed by atoms with Gasteiger partial charge in [-0.2, -0.15) is 0 Å². The zero-order valence-electron chi connectivity index (χ0n) is 12.4. The summed E-state index contributed by atoms with van der Waals surface area (Å²) in [5, 5.41) is 2.76. The fourth-order valence-electron chi connectivity index (χ4n) is 2.47. The molecule has 0 fully saturated rings. The van der Waals surface area contributed by atoms with Gasteiger partial charge in [0.1, 0.15) is 5.76 Å². The molecule has 0 saturated carbocycles. The summed E-state index contributed by atoms with van der Waals surface area (Å²) in [6.45, 7) is 0. The number of aryl methyl sites for hydroxylation is 2. The molecule has 22 heavy (non-hydrogen) atoms. The maximum Gasteiger partial charge on any atom is 0.252 e. The molecule has 2 heterocycles. The van der Waals surface area contributed by atoms with Crippen LogP contribution in [0.2, 0.25) is 0 Å². The minimum Gasteiger partial charge on any atom is -0.494 e. The molecule has 4 nitrogen and oxygen atoms in total. The highest BCUT2D eigenvalue weighted by molar-refractivity contribution is 5.95. The van der Waals surface area contributed by atoms with Crippen LogP contribution in [0.3, 0.4) is 0 Å². The van der Waals surface area contributed by atoms with Crippen molar-refractivity contribution in [2.24, 2.45) is 0 Å². The molecule has 112 valence electrons. The number of hydrogen-bond acceptors (Lipinski definition) is 2. The maximum atomic E-state index is 11.4. The summed E-state index contributed by atoms with van der Waals surface area (Å²) < 4.78 is 5.17. The summed E-state index contributed by atoms with van der Waals surface area (Å²) in [6.07, 6.45) is 5.28. The molecule has 0 saturated heterocycles. The van der Waals surface area contributed by atoms with Crippen molar-refractivity contribution in [3.8, 4) is 0 Å². The summed E-state index contributed by atoms with van der Waals surface area (Å²) in [7, 11) is 1.56. The number of carbonyl (C=O) groups excluding carboxylic acids is 1. The first-order valence-electron chi connectivity index (χ1n) is 7.25. The lowest BCUT2D eigenvalue weighted by Crippen LogP contribution is -2.13. The molecular weight excluding hydrogens is 276 g/mol. The lowest BCUT2D eigenvalue weighted by Gasteiger charge is -2.03. The van der Waals surface area contributed by atoms with E-state index in [-0.39, 0.29) is 5.91 Å². The van der Waals surface area contributed by atoms with Crippen LogP contribution < -0.4 is 5.32 Å². The first-order chi connectivity index (χ1) is 10.7. The van der Waals surface area contributed by atoms with Crippen molar-refractivity contribution >= 4 is 12.0 Å². The van der Waals surface area contributed by atoms with E-state index in [2.05, 4.69) is 40.6 Å². The second-order valence-electron chi connectivity index (χ2n) is 5.18. The molecular formula is C18H18N2O2. The molecule has 4 heteroatoms. The fourth-order valence-corrected chi connectivity index (χ4v) is 2.47. The Hall–Kier alpha value is -2.75. The molecule has 0 atom stereocenters. The Bertz CT molecular complexity index is 727. The van der Waals surface area contributed by atoms with E-state index in [1.807, 2.05) is 18.2 Å². The number of aromatic amines is 1. The molecule has 1 aromatic heterocycles. The normalized spacial score (nSPS) is 15.8. The Balaban J connectivity index is 1.67. The molecule has 1 aromatic carbocycles. The highest BCUT2D eigenvalue weighted by atomic mass is 16.5. The molecule has 0 unspecified atom stereocenters. The van der Waals surface area contributed by atoms with Crippen LogP contribution in [0.15, 0.2) is 60.0 Å². The molecule has 0 radical (unpaired) electrons. The number of rotatable bonds is 5. The van der Waals surface area contributed by atoms with Crippen molar-refractivity contribution in [1.29, 1.82) is 0 Å². The van der Waals surface area contributed by atoms with Crippen LogP contribution >= 0.6 is 0 Å². The lowest BCUT2D eigenvalue weighted by molar-refractivity contribution is -0.115. The minimum absolute atomic E-state index is 0.154. The number of carbonyl (C=O) groups is 1. The van der Waals surface area contributed by atoms with Crippen molar-refractivity contribution in [3.05, 3.63) is 76.9 Å². The minimum atomic E-state index is -0.154. The predicted octanol–water partition coefficient (Wildman–Crippen LogP) is 2.80. The van der Waals surface area contributed by atoms with Crippen molar-refractivity contribution in [1.82, 2.24) is 10.3 Å². The third-order valence-electron chi connectivity index (χ3n) is 3.60. The fraction of sp³-hybridized carbons (Fsp3) is 0.167.